The summed E-state index contributed by atoms with van der Waals surface area (Å²) in [7, 11) is 0. The van der Waals surface area contributed by atoms with Crippen molar-refractivity contribution in [1.29, 1.82) is 0 Å². The van der Waals surface area contributed by atoms with Gasteiger partial charge in [0.05, 0.1) is 23.1 Å². The van der Waals surface area contributed by atoms with E-state index < -0.39 is 10.8 Å². The van der Waals surface area contributed by atoms with E-state index >= 15 is 0 Å². The van der Waals surface area contributed by atoms with Crippen LogP contribution < -0.4 is 14.8 Å². The summed E-state index contributed by atoms with van der Waals surface area (Å²) in [6.45, 7) is 2.68. The van der Waals surface area contributed by atoms with Crippen molar-refractivity contribution in [2.75, 3.05) is 18.5 Å². The normalized spacial score (nSPS) is 12.4. The van der Waals surface area contributed by atoms with Gasteiger partial charge in [0, 0.05) is 17.0 Å². The second-order valence-corrected chi connectivity index (χ2v) is 7.36. The number of anilines is 1. The van der Waals surface area contributed by atoms with Crippen molar-refractivity contribution in [1.82, 2.24) is 4.98 Å². The number of nitrogens with one attached hydrogen (secondary N) is 1. The number of fused-ring (bicyclic) bond motifs is 1. The van der Waals surface area contributed by atoms with Crippen molar-refractivity contribution in [2.24, 2.45) is 0 Å². The highest BCUT2D eigenvalue weighted by Crippen LogP contribution is 2.39. The summed E-state index contributed by atoms with van der Waals surface area (Å²) < 4.78 is 10.8. The number of nitrogens with zero attached hydrogens (tertiary/aromatic N) is 2. The number of amides is 1. The predicted octanol–water partition coefficient (Wildman–Crippen LogP) is 3.98. The monoisotopic (exact) mass is 411 g/mol. The molecule has 0 fully saturated rings. The molecule has 1 amide bonds. The largest absolute Gasteiger partial charge is 0.486 e. The number of aryl methyl sites for hydroxylation is 1. The molecule has 1 aliphatic heterocycles. The molecular weight excluding hydrogens is 394 g/mol. The van der Waals surface area contributed by atoms with Gasteiger partial charge in [-0.3, -0.25) is 14.9 Å². The van der Waals surface area contributed by atoms with Crippen molar-refractivity contribution >= 4 is 28.6 Å². The van der Waals surface area contributed by atoms with Crippen LogP contribution >= 0.6 is 11.3 Å². The Hall–Kier alpha value is -3.46. The van der Waals surface area contributed by atoms with Crippen LogP contribution in [0.15, 0.2) is 41.8 Å². The number of carbonyl (C=O) groups excluding carboxylic acids is 1. The second kappa shape index (κ2) is 7.88. The van der Waals surface area contributed by atoms with Gasteiger partial charge in [0.1, 0.15) is 23.9 Å². The average molecular weight is 411 g/mol. The fourth-order valence-corrected chi connectivity index (χ4v) is 3.73. The van der Waals surface area contributed by atoms with E-state index in [1.54, 1.807) is 0 Å². The van der Waals surface area contributed by atoms with Crippen LogP contribution in [0.2, 0.25) is 0 Å². The number of rotatable bonds is 5. The molecule has 148 valence electrons. The number of nitro benzene ring substituents is 1. The molecule has 8 nitrogen and oxygen atoms in total. The van der Waals surface area contributed by atoms with Crippen molar-refractivity contribution in [3.8, 4) is 22.1 Å². The Labute approximate surface area is 170 Å². The molecular formula is C20H17N3O5S. The van der Waals surface area contributed by atoms with Crippen LogP contribution in [-0.2, 0) is 11.2 Å². The Morgan fingerprint density at radius 3 is 2.59 bits per heavy atom. The van der Waals surface area contributed by atoms with E-state index in [0.29, 0.717) is 30.4 Å². The molecule has 3 aromatic rings. The summed E-state index contributed by atoms with van der Waals surface area (Å²) in [4.78, 5) is 27.8. The Kier molecular flexibility index (Phi) is 5.13. The Morgan fingerprint density at radius 2 is 1.90 bits per heavy atom. The minimum Gasteiger partial charge on any atom is -0.486 e. The molecule has 2 aromatic carbocycles. The molecule has 4 rings (SSSR count). The smallest absolute Gasteiger partial charge is 0.296 e. The zero-order valence-electron chi connectivity index (χ0n) is 15.5. The van der Waals surface area contributed by atoms with Crippen LogP contribution in [-0.4, -0.2) is 29.0 Å². The first kappa shape index (κ1) is 18.9. The van der Waals surface area contributed by atoms with E-state index in [4.69, 9.17) is 9.47 Å². The number of hydrogen-bond acceptors (Lipinski definition) is 7. The average Bonchev–Trinajstić information content (AvgIpc) is 3.16. The lowest BCUT2D eigenvalue weighted by Gasteiger charge is -2.19. The van der Waals surface area contributed by atoms with Gasteiger partial charge < -0.3 is 14.8 Å². The van der Waals surface area contributed by atoms with Gasteiger partial charge in [-0.15, -0.1) is 11.3 Å². The minimum absolute atomic E-state index is 0.00789. The van der Waals surface area contributed by atoms with E-state index in [1.165, 1.54) is 23.5 Å². The van der Waals surface area contributed by atoms with Crippen LogP contribution in [0.5, 0.6) is 11.5 Å². The molecule has 1 aromatic heterocycles. The third-order valence-electron chi connectivity index (χ3n) is 4.32. The number of thiazole rings is 1. The molecule has 0 atom stereocenters. The number of aromatic nitrogens is 1. The lowest BCUT2D eigenvalue weighted by molar-refractivity contribution is -0.384. The number of benzene rings is 2. The highest BCUT2D eigenvalue weighted by molar-refractivity contribution is 7.13. The quantitative estimate of drug-likeness (QED) is 0.503. The number of carbonyl (C=O) groups is 1. The summed E-state index contributed by atoms with van der Waals surface area (Å²) in [5.74, 6) is 0.265. The number of ether oxygens (including phenoxy) is 2. The molecule has 2 heterocycles. The molecule has 0 unspecified atom stereocenters. The Bertz CT molecular complexity index is 1080. The highest BCUT2D eigenvalue weighted by atomic mass is 32.1. The summed E-state index contributed by atoms with van der Waals surface area (Å²) in [5.41, 5.74) is 2.56. The minimum atomic E-state index is -0.563. The standard InChI is InChI=1S/C20H17N3O5S/c1-12-2-4-13(5-3-12)20-21-14(11-29-20)8-19(24)22-15-9-17-18(28-7-6-27-17)10-16(15)23(25)26/h2-5,9-11H,6-8H2,1H3,(H,22,24). The summed E-state index contributed by atoms with van der Waals surface area (Å²) in [6, 6.07) is 10.7. The van der Waals surface area contributed by atoms with Crippen molar-refractivity contribution in [3.63, 3.8) is 0 Å². The zero-order valence-corrected chi connectivity index (χ0v) is 16.3. The molecule has 0 bridgehead atoms. The molecule has 29 heavy (non-hydrogen) atoms. The fraction of sp³-hybridized carbons (Fsp3) is 0.200. The Balaban J connectivity index is 1.50. The number of nitro groups is 1. The van der Waals surface area contributed by atoms with E-state index in [9.17, 15) is 14.9 Å². The lowest BCUT2D eigenvalue weighted by atomic mass is 10.2. The van der Waals surface area contributed by atoms with Gasteiger partial charge in [0.25, 0.3) is 5.69 Å². The maximum absolute atomic E-state index is 12.5. The molecule has 1 N–H and O–H groups in total. The van der Waals surface area contributed by atoms with E-state index in [-0.39, 0.29) is 17.8 Å². The van der Waals surface area contributed by atoms with Crippen molar-refractivity contribution in [3.05, 3.63) is 63.1 Å². The van der Waals surface area contributed by atoms with Crippen LogP contribution in [0.3, 0.4) is 0 Å². The topological polar surface area (TPSA) is 104 Å². The molecule has 0 radical (unpaired) electrons. The highest BCUT2D eigenvalue weighted by Gasteiger charge is 2.23. The first-order valence-electron chi connectivity index (χ1n) is 8.89. The van der Waals surface area contributed by atoms with Crippen molar-refractivity contribution in [2.45, 2.75) is 13.3 Å². The van der Waals surface area contributed by atoms with Crippen LogP contribution in [0, 0.1) is 17.0 Å². The molecule has 0 aliphatic carbocycles. The van der Waals surface area contributed by atoms with E-state index in [1.807, 2.05) is 36.6 Å². The van der Waals surface area contributed by atoms with Gasteiger partial charge >= 0.3 is 0 Å². The second-order valence-electron chi connectivity index (χ2n) is 6.51. The third kappa shape index (κ3) is 4.19. The van der Waals surface area contributed by atoms with Gasteiger partial charge in [-0.2, -0.15) is 0 Å². The summed E-state index contributed by atoms with van der Waals surface area (Å²) in [6.07, 6.45) is 0.00789. The van der Waals surface area contributed by atoms with Crippen LogP contribution in [0.4, 0.5) is 11.4 Å². The first-order valence-corrected chi connectivity index (χ1v) is 9.77. The Morgan fingerprint density at radius 1 is 1.21 bits per heavy atom. The molecule has 0 saturated heterocycles. The van der Waals surface area contributed by atoms with E-state index in [0.717, 1.165) is 16.1 Å². The predicted molar refractivity (Wildman–Crippen MR) is 109 cm³/mol. The molecule has 9 heteroatoms. The summed E-state index contributed by atoms with van der Waals surface area (Å²) >= 11 is 1.45. The molecule has 0 saturated carbocycles. The summed E-state index contributed by atoms with van der Waals surface area (Å²) in [5, 5.41) is 16.6. The van der Waals surface area contributed by atoms with Crippen LogP contribution in [0.25, 0.3) is 10.6 Å². The first-order chi connectivity index (χ1) is 14.0. The van der Waals surface area contributed by atoms with Gasteiger partial charge in [-0.05, 0) is 6.92 Å². The molecule has 1 aliphatic rings. The van der Waals surface area contributed by atoms with Gasteiger partial charge in [0.15, 0.2) is 11.5 Å². The van der Waals surface area contributed by atoms with Crippen LogP contribution in [0.1, 0.15) is 11.3 Å². The molecule has 0 spiro atoms. The number of hydrogen-bond donors (Lipinski definition) is 1. The van der Waals surface area contributed by atoms with Gasteiger partial charge in [-0.25, -0.2) is 4.98 Å². The third-order valence-corrected chi connectivity index (χ3v) is 5.26. The maximum Gasteiger partial charge on any atom is 0.296 e. The zero-order chi connectivity index (χ0) is 20.4. The SMILES string of the molecule is Cc1ccc(-c2nc(CC(=O)Nc3cc4c(cc3[N+](=O)[O-])OCCO4)cs2)cc1. The maximum atomic E-state index is 12.5. The van der Waals surface area contributed by atoms with Gasteiger partial charge in [0.2, 0.25) is 5.91 Å². The van der Waals surface area contributed by atoms with Crippen molar-refractivity contribution < 1.29 is 19.2 Å². The van der Waals surface area contributed by atoms with E-state index in [2.05, 4.69) is 10.3 Å². The van der Waals surface area contributed by atoms with Gasteiger partial charge in [-0.1, -0.05) is 29.8 Å². The fourth-order valence-electron chi connectivity index (χ4n) is 2.91. The lowest BCUT2D eigenvalue weighted by Crippen LogP contribution is -2.18.